The minimum Gasteiger partial charge on any atom is -0.122 e. The van der Waals surface area contributed by atoms with Crippen LogP contribution in [-0.2, 0) is 10.3 Å². The summed E-state index contributed by atoms with van der Waals surface area (Å²) in [5.41, 5.74) is 5.52. The highest BCUT2D eigenvalue weighted by Gasteiger charge is 2.45. The normalized spacial score (nSPS) is 13.1. The molecule has 0 N–H and O–H groups in total. The average molecular weight is 561 g/mol. The van der Waals surface area contributed by atoms with Gasteiger partial charge in [-0.15, -0.1) is 35.6 Å². The van der Waals surface area contributed by atoms with Crippen LogP contribution in [-0.4, -0.2) is 17.2 Å². The van der Waals surface area contributed by atoms with E-state index in [-0.39, 0.29) is 15.2 Å². The highest BCUT2D eigenvalue weighted by molar-refractivity contribution is 7.59. The zero-order valence-electron chi connectivity index (χ0n) is 22.0. The van der Waals surface area contributed by atoms with Crippen LogP contribution in [0.15, 0.2) is 121 Å². The minimum absolute atomic E-state index is 0.147. The Hall–Kier alpha value is -1.40. The summed E-state index contributed by atoms with van der Waals surface area (Å²) in [6, 6.07) is 44.6. The fourth-order valence-corrected chi connectivity index (χ4v) is 12.5. The number of benzene rings is 4. The molecule has 4 rings (SSSR count). The monoisotopic (exact) mass is 560 g/mol. The summed E-state index contributed by atoms with van der Waals surface area (Å²) >= 11 is 0. The largest absolute Gasteiger partial charge is 0.122 e. The predicted molar refractivity (Wildman–Crippen MR) is 176 cm³/mol. The molecular weight excluding hydrogens is 520 g/mol. The molecule has 0 amide bonds. The van der Waals surface area contributed by atoms with E-state index in [4.69, 9.17) is 0 Å². The number of rotatable bonds is 12. The molecule has 0 radical (unpaired) electrons. The molecule has 4 heteroatoms. The highest BCUT2D eigenvalue weighted by Crippen LogP contribution is 2.63. The van der Waals surface area contributed by atoms with E-state index in [2.05, 4.69) is 154 Å². The second-order valence-electron chi connectivity index (χ2n) is 9.90. The smallest absolute Gasteiger partial charge is 0.0356 e. The van der Waals surface area contributed by atoms with E-state index in [1.807, 2.05) is 0 Å². The molecule has 0 bridgehead atoms. The van der Waals surface area contributed by atoms with Gasteiger partial charge in [0.1, 0.15) is 0 Å². The molecule has 4 atom stereocenters. The van der Waals surface area contributed by atoms with Gasteiger partial charge in [-0.25, -0.2) is 0 Å². The zero-order chi connectivity index (χ0) is 26.2. The van der Waals surface area contributed by atoms with Gasteiger partial charge in [0.15, 0.2) is 0 Å². The molecule has 0 aliphatic rings. The van der Waals surface area contributed by atoms with Crippen molar-refractivity contribution in [1.82, 2.24) is 0 Å². The Bertz CT molecular complexity index is 1030. The predicted octanol–water partition coefficient (Wildman–Crippen LogP) is 9.50. The molecule has 0 saturated carbocycles. The molecular formula is C33H40P4. The first-order chi connectivity index (χ1) is 18.0. The molecule has 0 spiro atoms. The summed E-state index contributed by atoms with van der Waals surface area (Å²) in [4.78, 5) is 0.199. The fourth-order valence-electron chi connectivity index (χ4n) is 5.69. The Morgan fingerprint density at radius 1 is 0.459 bits per heavy atom. The summed E-state index contributed by atoms with van der Waals surface area (Å²) in [6.07, 6.45) is 4.63. The zero-order valence-corrected chi connectivity index (χ0v) is 26.3. The molecule has 0 aliphatic heterocycles. The SMILES string of the molecule is CCPC(CC(P)(c1ccccc1)c1ccccc1)(CC(P)(c1ccccc1)c1ccccc1)PCC. The molecule has 4 aromatic carbocycles. The lowest BCUT2D eigenvalue weighted by molar-refractivity contribution is 0.519. The second-order valence-corrected chi connectivity index (χ2v) is 16.4. The lowest BCUT2D eigenvalue weighted by Gasteiger charge is -2.47. The second kappa shape index (κ2) is 13.1. The first-order valence-electron chi connectivity index (χ1n) is 13.3. The van der Waals surface area contributed by atoms with Crippen LogP contribution in [0.25, 0.3) is 0 Å². The third-order valence-electron chi connectivity index (χ3n) is 7.35. The van der Waals surface area contributed by atoms with Crippen LogP contribution >= 0.6 is 35.6 Å². The van der Waals surface area contributed by atoms with Gasteiger partial charge in [-0.05, 0) is 47.4 Å². The van der Waals surface area contributed by atoms with Gasteiger partial charge >= 0.3 is 0 Å². The van der Waals surface area contributed by atoms with Crippen molar-refractivity contribution < 1.29 is 0 Å². The quantitative estimate of drug-likeness (QED) is 0.151. The van der Waals surface area contributed by atoms with Crippen LogP contribution in [0.5, 0.6) is 0 Å². The van der Waals surface area contributed by atoms with Gasteiger partial charge in [-0.1, -0.05) is 135 Å². The fraction of sp³-hybridized carbons (Fsp3) is 0.273. The third-order valence-corrected chi connectivity index (χ3v) is 12.9. The van der Waals surface area contributed by atoms with Gasteiger partial charge in [-0.2, -0.15) is 0 Å². The van der Waals surface area contributed by atoms with Gasteiger partial charge in [0, 0.05) is 15.2 Å². The van der Waals surface area contributed by atoms with Crippen molar-refractivity contribution in [1.29, 1.82) is 0 Å². The summed E-state index contributed by atoms with van der Waals surface area (Å²) in [7, 11) is 8.47. The number of hydrogen-bond acceptors (Lipinski definition) is 0. The van der Waals surface area contributed by atoms with Crippen LogP contribution in [0, 0.1) is 0 Å². The number of hydrogen-bond donors (Lipinski definition) is 0. The minimum atomic E-state index is -0.147. The van der Waals surface area contributed by atoms with Crippen molar-refractivity contribution >= 4 is 35.6 Å². The first-order valence-corrected chi connectivity index (χ1v) is 16.8. The molecule has 37 heavy (non-hydrogen) atoms. The van der Waals surface area contributed by atoms with Gasteiger partial charge in [0.05, 0.1) is 0 Å². The van der Waals surface area contributed by atoms with Crippen molar-refractivity contribution in [2.24, 2.45) is 0 Å². The van der Waals surface area contributed by atoms with Gasteiger partial charge in [0.25, 0.3) is 0 Å². The third kappa shape index (κ3) is 6.61. The maximum Gasteiger partial charge on any atom is 0.0356 e. The molecule has 0 aromatic heterocycles. The molecule has 4 unspecified atom stereocenters. The summed E-state index contributed by atoms with van der Waals surface area (Å²) in [6.45, 7) is 4.75. The molecule has 0 heterocycles. The topological polar surface area (TPSA) is 0 Å². The summed E-state index contributed by atoms with van der Waals surface area (Å²) < 4.78 is 0. The van der Waals surface area contributed by atoms with Crippen molar-refractivity contribution in [3.05, 3.63) is 144 Å². The van der Waals surface area contributed by atoms with Crippen molar-refractivity contribution in [2.45, 2.75) is 41.9 Å². The van der Waals surface area contributed by atoms with E-state index in [0.717, 1.165) is 30.0 Å². The van der Waals surface area contributed by atoms with E-state index in [1.54, 1.807) is 0 Å². The maximum absolute atomic E-state index is 3.34. The molecule has 0 fully saturated rings. The van der Waals surface area contributed by atoms with Crippen LogP contribution in [0.4, 0.5) is 0 Å². The van der Waals surface area contributed by atoms with E-state index < -0.39 is 0 Å². The Labute approximate surface area is 232 Å². The average Bonchev–Trinajstić information content (AvgIpc) is 2.95. The first kappa shape index (κ1) is 28.6. The van der Waals surface area contributed by atoms with E-state index in [9.17, 15) is 0 Å². The van der Waals surface area contributed by atoms with E-state index in [0.29, 0.717) is 0 Å². The molecule has 192 valence electrons. The van der Waals surface area contributed by atoms with Gasteiger partial charge < -0.3 is 0 Å². The van der Waals surface area contributed by atoms with Crippen molar-refractivity contribution in [3.8, 4) is 0 Å². The van der Waals surface area contributed by atoms with Crippen LogP contribution in [0.2, 0.25) is 0 Å². The Morgan fingerprint density at radius 2 is 0.703 bits per heavy atom. The molecule has 0 aliphatic carbocycles. The van der Waals surface area contributed by atoms with Crippen molar-refractivity contribution in [3.63, 3.8) is 0 Å². The van der Waals surface area contributed by atoms with Crippen LogP contribution in [0.1, 0.15) is 48.9 Å². The van der Waals surface area contributed by atoms with E-state index >= 15 is 0 Å². The van der Waals surface area contributed by atoms with Gasteiger partial charge in [-0.3, -0.25) is 0 Å². The summed E-state index contributed by atoms with van der Waals surface area (Å²) in [5.74, 6) is 0. The Balaban J connectivity index is 1.88. The molecule has 4 aromatic rings. The standard InChI is InChI=1S/C33H40P4/c1-3-36-31(37-4-2,25-32(34,27-17-9-5-10-18-27)28-19-11-6-12-20-28)26-33(35,29-21-13-7-14-22-29)30-23-15-8-16-24-30/h5-24,36-37H,3-4,25-26,34-35H2,1-2H3. The lowest BCUT2D eigenvalue weighted by Crippen LogP contribution is -2.37. The summed E-state index contributed by atoms with van der Waals surface area (Å²) in [5, 5.41) is -0.294. The molecule has 0 saturated heterocycles. The molecule has 0 nitrogen and oxygen atoms in total. The lowest BCUT2D eigenvalue weighted by atomic mass is 9.80. The van der Waals surface area contributed by atoms with E-state index in [1.165, 1.54) is 34.6 Å². The Kier molecular flexibility index (Phi) is 10.1. The van der Waals surface area contributed by atoms with Crippen molar-refractivity contribution in [2.75, 3.05) is 12.3 Å². The maximum atomic E-state index is 3.34. The highest BCUT2D eigenvalue weighted by atomic mass is 31.1. The van der Waals surface area contributed by atoms with Crippen LogP contribution in [0.3, 0.4) is 0 Å². The Morgan fingerprint density at radius 3 is 0.919 bits per heavy atom. The van der Waals surface area contributed by atoms with Gasteiger partial charge in [0.2, 0.25) is 0 Å². The van der Waals surface area contributed by atoms with Crippen LogP contribution < -0.4 is 0 Å².